The fraction of sp³-hybridized carbons (Fsp3) is 0.214. The average molecular weight is 307 g/mol. The molecule has 2 rings (SSSR count). The molecule has 0 fully saturated rings. The van der Waals surface area contributed by atoms with E-state index in [0.29, 0.717) is 24.0 Å². The third kappa shape index (κ3) is 4.70. The fourth-order valence-corrected chi connectivity index (χ4v) is 1.81. The summed E-state index contributed by atoms with van der Waals surface area (Å²) in [6.45, 7) is 0.876. The Morgan fingerprint density at radius 1 is 1.33 bits per heavy atom. The zero-order chi connectivity index (χ0) is 15.1. The predicted octanol–water partition coefficient (Wildman–Crippen LogP) is 2.25. The number of carbonyl (C=O) groups is 1. The summed E-state index contributed by atoms with van der Waals surface area (Å²) in [7, 11) is 1.57. The zero-order valence-corrected chi connectivity index (χ0v) is 12.2. The fourth-order valence-electron chi connectivity index (χ4n) is 1.62. The van der Waals surface area contributed by atoms with Crippen molar-refractivity contribution < 1.29 is 9.53 Å². The molecule has 0 aliphatic heterocycles. The van der Waals surface area contributed by atoms with E-state index in [1.54, 1.807) is 25.3 Å². The average Bonchev–Trinajstić information content (AvgIpc) is 2.48. The van der Waals surface area contributed by atoms with Crippen molar-refractivity contribution in [3.8, 4) is 0 Å². The number of amides is 1. The van der Waals surface area contributed by atoms with Crippen LogP contribution in [0.3, 0.4) is 0 Å². The number of methoxy groups -OCH3 is 1. The number of ether oxygens (including phenoxy) is 1. The maximum absolute atomic E-state index is 11.9. The smallest absolute Gasteiger partial charge is 0.270 e. The summed E-state index contributed by atoms with van der Waals surface area (Å²) in [5, 5.41) is 6.38. The molecule has 0 bridgehead atoms. The maximum Gasteiger partial charge on any atom is 0.270 e. The Labute approximate surface area is 127 Å². The third-order valence-corrected chi connectivity index (χ3v) is 2.82. The van der Waals surface area contributed by atoms with Crippen LogP contribution in [-0.4, -0.2) is 36.1 Å². The van der Waals surface area contributed by atoms with E-state index in [9.17, 15) is 4.79 Å². The normalized spacial score (nSPS) is 10.2. The molecular formula is C14H15ClN4O2. The third-order valence-electron chi connectivity index (χ3n) is 2.59. The molecule has 0 saturated carbocycles. The summed E-state index contributed by atoms with van der Waals surface area (Å²) in [5.74, 6) is 0.243. The van der Waals surface area contributed by atoms with Crippen LogP contribution in [0.2, 0.25) is 5.02 Å². The van der Waals surface area contributed by atoms with Crippen LogP contribution in [0.5, 0.6) is 0 Å². The zero-order valence-electron chi connectivity index (χ0n) is 11.5. The van der Waals surface area contributed by atoms with Crippen molar-refractivity contribution in [3.05, 3.63) is 47.4 Å². The summed E-state index contributed by atoms with van der Waals surface area (Å²) < 4.78 is 4.87. The quantitative estimate of drug-likeness (QED) is 0.801. The highest BCUT2D eigenvalue weighted by molar-refractivity contribution is 6.30. The van der Waals surface area contributed by atoms with Crippen molar-refractivity contribution >= 4 is 29.0 Å². The molecule has 6 nitrogen and oxygen atoms in total. The van der Waals surface area contributed by atoms with Crippen LogP contribution >= 0.6 is 11.6 Å². The van der Waals surface area contributed by atoms with Gasteiger partial charge in [-0.1, -0.05) is 17.7 Å². The Morgan fingerprint density at radius 3 is 2.95 bits per heavy atom. The second-order valence-electron chi connectivity index (χ2n) is 4.17. The van der Waals surface area contributed by atoms with Gasteiger partial charge in [0.15, 0.2) is 0 Å². The number of benzene rings is 1. The predicted molar refractivity (Wildman–Crippen MR) is 81.0 cm³/mol. The highest BCUT2D eigenvalue weighted by Crippen LogP contribution is 2.18. The molecule has 110 valence electrons. The highest BCUT2D eigenvalue weighted by atomic mass is 35.5. The molecule has 1 aromatic heterocycles. The molecule has 0 atom stereocenters. The second kappa shape index (κ2) is 7.56. The maximum atomic E-state index is 11.9. The van der Waals surface area contributed by atoms with Gasteiger partial charge in [0.1, 0.15) is 17.8 Å². The van der Waals surface area contributed by atoms with Crippen LogP contribution in [0.4, 0.5) is 11.5 Å². The van der Waals surface area contributed by atoms with E-state index >= 15 is 0 Å². The van der Waals surface area contributed by atoms with Crippen molar-refractivity contribution in [2.24, 2.45) is 0 Å². The van der Waals surface area contributed by atoms with Gasteiger partial charge in [0.25, 0.3) is 5.91 Å². The van der Waals surface area contributed by atoms with Gasteiger partial charge in [-0.15, -0.1) is 0 Å². The summed E-state index contributed by atoms with van der Waals surface area (Å²) in [4.78, 5) is 19.9. The molecule has 0 saturated heterocycles. The largest absolute Gasteiger partial charge is 0.383 e. The first-order valence-corrected chi connectivity index (χ1v) is 6.68. The van der Waals surface area contributed by atoms with Gasteiger partial charge in [-0.3, -0.25) is 4.79 Å². The molecule has 21 heavy (non-hydrogen) atoms. The molecule has 1 heterocycles. The van der Waals surface area contributed by atoms with Crippen molar-refractivity contribution in [3.63, 3.8) is 0 Å². The first-order chi connectivity index (χ1) is 10.2. The Kier molecular flexibility index (Phi) is 5.48. The monoisotopic (exact) mass is 306 g/mol. The standard InChI is InChI=1S/C14H15ClN4O2/c1-21-6-5-16-14(20)12-8-13(18-9-17-12)19-11-4-2-3-10(15)7-11/h2-4,7-9H,5-6H2,1H3,(H,16,20)(H,17,18,19). The summed E-state index contributed by atoms with van der Waals surface area (Å²) in [6.07, 6.45) is 1.33. The number of hydrogen-bond donors (Lipinski definition) is 2. The molecule has 0 unspecified atom stereocenters. The molecular weight excluding hydrogens is 292 g/mol. The van der Waals surface area contributed by atoms with Crippen molar-refractivity contribution in [2.45, 2.75) is 0 Å². The van der Waals surface area contributed by atoms with Gasteiger partial charge in [0.05, 0.1) is 6.61 Å². The second-order valence-corrected chi connectivity index (χ2v) is 4.61. The van der Waals surface area contributed by atoms with E-state index in [2.05, 4.69) is 20.6 Å². The van der Waals surface area contributed by atoms with Gasteiger partial charge in [-0.25, -0.2) is 9.97 Å². The van der Waals surface area contributed by atoms with Gasteiger partial charge in [-0.05, 0) is 18.2 Å². The SMILES string of the molecule is COCCNC(=O)c1cc(Nc2cccc(Cl)c2)ncn1. The Bertz CT molecular complexity index is 621. The van der Waals surface area contributed by atoms with Crippen LogP contribution in [0.1, 0.15) is 10.5 Å². The number of hydrogen-bond acceptors (Lipinski definition) is 5. The number of halogens is 1. The molecule has 7 heteroatoms. The molecule has 1 amide bonds. The van der Waals surface area contributed by atoms with Crippen LogP contribution in [-0.2, 0) is 4.74 Å². The molecule has 0 aliphatic rings. The van der Waals surface area contributed by atoms with E-state index in [4.69, 9.17) is 16.3 Å². The molecule has 0 aliphatic carbocycles. The summed E-state index contributed by atoms with van der Waals surface area (Å²) in [5.41, 5.74) is 1.07. The lowest BCUT2D eigenvalue weighted by Crippen LogP contribution is -2.27. The van der Waals surface area contributed by atoms with Crippen LogP contribution in [0.15, 0.2) is 36.7 Å². The summed E-state index contributed by atoms with van der Waals surface area (Å²) in [6, 6.07) is 8.79. The minimum atomic E-state index is -0.274. The van der Waals surface area contributed by atoms with Crippen LogP contribution < -0.4 is 10.6 Å². The van der Waals surface area contributed by atoms with Crippen molar-refractivity contribution in [2.75, 3.05) is 25.6 Å². The number of aromatic nitrogens is 2. The van der Waals surface area contributed by atoms with E-state index in [0.717, 1.165) is 5.69 Å². The van der Waals surface area contributed by atoms with E-state index in [1.807, 2.05) is 12.1 Å². The lowest BCUT2D eigenvalue weighted by molar-refractivity contribution is 0.0932. The highest BCUT2D eigenvalue weighted by Gasteiger charge is 2.08. The van der Waals surface area contributed by atoms with Crippen molar-refractivity contribution in [1.82, 2.24) is 15.3 Å². The molecule has 0 spiro atoms. The van der Waals surface area contributed by atoms with E-state index in [-0.39, 0.29) is 11.6 Å². The minimum absolute atomic E-state index is 0.274. The van der Waals surface area contributed by atoms with Gasteiger partial charge in [-0.2, -0.15) is 0 Å². The number of rotatable bonds is 6. The lowest BCUT2D eigenvalue weighted by Gasteiger charge is -2.07. The Balaban J connectivity index is 2.05. The van der Waals surface area contributed by atoms with Gasteiger partial charge in [0.2, 0.25) is 0 Å². The molecule has 2 aromatic rings. The summed E-state index contributed by atoms with van der Waals surface area (Å²) >= 11 is 5.92. The topological polar surface area (TPSA) is 76.1 Å². The van der Waals surface area contributed by atoms with Gasteiger partial charge in [0, 0.05) is 30.4 Å². The van der Waals surface area contributed by atoms with Crippen LogP contribution in [0, 0.1) is 0 Å². The van der Waals surface area contributed by atoms with E-state index < -0.39 is 0 Å². The first-order valence-electron chi connectivity index (χ1n) is 6.31. The van der Waals surface area contributed by atoms with Crippen molar-refractivity contribution in [1.29, 1.82) is 0 Å². The van der Waals surface area contributed by atoms with Gasteiger partial charge < -0.3 is 15.4 Å². The molecule has 1 aromatic carbocycles. The number of nitrogens with zero attached hydrogens (tertiary/aromatic N) is 2. The van der Waals surface area contributed by atoms with E-state index in [1.165, 1.54) is 6.33 Å². The molecule has 2 N–H and O–H groups in total. The lowest BCUT2D eigenvalue weighted by atomic mass is 10.3. The number of carbonyl (C=O) groups excluding carboxylic acids is 1. The first kappa shape index (κ1) is 15.2. The minimum Gasteiger partial charge on any atom is -0.383 e. The Hall–Kier alpha value is -2.18. The number of anilines is 2. The van der Waals surface area contributed by atoms with Gasteiger partial charge >= 0.3 is 0 Å². The molecule has 0 radical (unpaired) electrons. The van der Waals surface area contributed by atoms with Crippen LogP contribution in [0.25, 0.3) is 0 Å². The number of nitrogens with one attached hydrogen (secondary N) is 2. The Morgan fingerprint density at radius 2 is 2.19 bits per heavy atom.